The second-order valence-corrected chi connectivity index (χ2v) is 7.33. The van der Waals surface area contributed by atoms with E-state index in [1.54, 1.807) is 0 Å². The molecule has 1 atom stereocenters. The summed E-state index contributed by atoms with van der Waals surface area (Å²) >= 11 is 0. The SMILES string of the molecule is O=S(=O)(NC[C@H]1COC2(CCCC2)O1)c1ccc(F)cc1F. The van der Waals surface area contributed by atoms with Crippen molar-refractivity contribution in [3.63, 3.8) is 0 Å². The van der Waals surface area contributed by atoms with Crippen molar-refractivity contribution >= 4 is 10.0 Å². The third-order valence-electron chi connectivity index (χ3n) is 3.96. The van der Waals surface area contributed by atoms with Crippen molar-refractivity contribution in [3.05, 3.63) is 29.8 Å². The number of ether oxygens (including phenoxy) is 2. The van der Waals surface area contributed by atoms with Gasteiger partial charge in [0.1, 0.15) is 16.5 Å². The fourth-order valence-electron chi connectivity index (χ4n) is 2.87. The van der Waals surface area contributed by atoms with Crippen LogP contribution in [0.5, 0.6) is 0 Å². The summed E-state index contributed by atoms with van der Waals surface area (Å²) in [4.78, 5) is -0.580. The van der Waals surface area contributed by atoms with Crippen molar-refractivity contribution in [2.75, 3.05) is 13.2 Å². The Morgan fingerprint density at radius 1 is 1.27 bits per heavy atom. The maximum absolute atomic E-state index is 13.6. The molecule has 0 unspecified atom stereocenters. The fraction of sp³-hybridized carbons (Fsp3) is 0.571. The Morgan fingerprint density at radius 2 is 2.00 bits per heavy atom. The molecule has 1 saturated heterocycles. The lowest BCUT2D eigenvalue weighted by Gasteiger charge is -2.21. The van der Waals surface area contributed by atoms with Crippen LogP contribution in [0.3, 0.4) is 0 Å². The normalized spacial score (nSPS) is 24.2. The number of nitrogens with one attached hydrogen (secondary N) is 1. The molecule has 1 aromatic carbocycles. The average molecular weight is 333 g/mol. The predicted molar refractivity (Wildman–Crippen MR) is 73.6 cm³/mol. The lowest BCUT2D eigenvalue weighted by molar-refractivity contribution is -0.160. The van der Waals surface area contributed by atoms with Gasteiger partial charge in [-0.05, 0) is 25.0 Å². The Bertz CT molecular complexity index is 659. The van der Waals surface area contributed by atoms with Crippen molar-refractivity contribution in [1.82, 2.24) is 4.72 Å². The fourth-order valence-corrected chi connectivity index (χ4v) is 3.99. The molecule has 5 nitrogen and oxygen atoms in total. The Labute approximate surface area is 127 Å². The summed E-state index contributed by atoms with van der Waals surface area (Å²) in [5, 5.41) is 0. The van der Waals surface area contributed by atoms with Crippen molar-refractivity contribution in [3.8, 4) is 0 Å². The summed E-state index contributed by atoms with van der Waals surface area (Å²) < 4.78 is 64.3. The molecule has 2 aliphatic rings. The lowest BCUT2D eigenvalue weighted by atomic mass is 10.2. The molecule has 0 amide bonds. The van der Waals surface area contributed by atoms with Crippen LogP contribution in [0.4, 0.5) is 8.78 Å². The molecule has 122 valence electrons. The van der Waals surface area contributed by atoms with E-state index < -0.39 is 38.4 Å². The van der Waals surface area contributed by atoms with E-state index in [1.165, 1.54) is 0 Å². The van der Waals surface area contributed by atoms with Crippen LogP contribution < -0.4 is 4.72 Å². The van der Waals surface area contributed by atoms with Gasteiger partial charge in [0.25, 0.3) is 0 Å². The first-order valence-electron chi connectivity index (χ1n) is 7.17. The summed E-state index contributed by atoms with van der Waals surface area (Å²) in [5.41, 5.74) is 0. The summed E-state index contributed by atoms with van der Waals surface area (Å²) in [6.45, 7) is 0.287. The van der Waals surface area contributed by atoms with Crippen LogP contribution in [-0.2, 0) is 19.5 Å². The van der Waals surface area contributed by atoms with Crippen LogP contribution in [0.2, 0.25) is 0 Å². The lowest BCUT2D eigenvalue weighted by Crippen LogP contribution is -2.35. The topological polar surface area (TPSA) is 64.6 Å². The van der Waals surface area contributed by atoms with Gasteiger partial charge in [-0.3, -0.25) is 0 Å². The molecule has 1 saturated carbocycles. The van der Waals surface area contributed by atoms with E-state index in [0.717, 1.165) is 37.8 Å². The molecular formula is C14H17F2NO4S. The third kappa shape index (κ3) is 3.15. The molecule has 3 rings (SSSR count). The largest absolute Gasteiger partial charge is 0.347 e. The molecule has 8 heteroatoms. The zero-order valence-corrected chi connectivity index (χ0v) is 12.7. The molecular weight excluding hydrogens is 316 g/mol. The van der Waals surface area contributed by atoms with Crippen LogP contribution in [0.1, 0.15) is 25.7 Å². The highest BCUT2D eigenvalue weighted by atomic mass is 32.2. The van der Waals surface area contributed by atoms with Gasteiger partial charge in [0.15, 0.2) is 5.79 Å². The third-order valence-corrected chi connectivity index (χ3v) is 5.42. The van der Waals surface area contributed by atoms with Crippen molar-refractivity contribution < 1.29 is 26.7 Å². The van der Waals surface area contributed by atoms with Gasteiger partial charge in [-0.25, -0.2) is 21.9 Å². The molecule has 0 radical (unpaired) electrons. The first kappa shape index (κ1) is 15.8. The second kappa shape index (κ2) is 5.84. The number of sulfonamides is 1. The molecule has 0 aromatic heterocycles. The van der Waals surface area contributed by atoms with Gasteiger partial charge in [-0.15, -0.1) is 0 Å². The zero-order valence-electron chi connectivity index (χ0n) is 11.8. The van der Waals surface area contributed by atoms with E-state index in [2.05, 4.69) is 4.72 Å². The number of hydrogen-bond acceptors (Lipinski definition) is 4. The average Bonchev–Trinajstić information content (AvgIpc) is 3.07. The van der Waals surface area contributed by atoms with Gasteiger partial charge in [0, 0.05) is 25.5 Å². The summed E-state index contributed by atoms with van der Waals surface area (Å²) in [5.74, 6) is -2.52. The van der Waals surface area contributed by atoms with Crippen molar-refractivity contribution in [1.29, 1.82) is 0 Å². The van der Waals surface area contributed by atoms with E-state index in [9.17, 15) is 17.2 Å². The van der Waals surface area contributed by atoms with E-state index in [-0.39, 0.29) is 6.54 Å². The molecule has 0 bridgehead atoms. The standard InChI is InChI=1S/C14H17F2NO4S/c15-10-3-4-13(12(16)7-10)22(18,19)17-8-11-9-20-14(21-11)5-1-2-6-14/h3-4,7,11,17H,1-2,5-6,8-9H2/t11-/m0/s1. The molecule has 1 spiro atoms. The monoisotopic (exact) mass is 333 g/mol. The van der Waals surface area contributed by atoms with E-state index in [0.29, 0.717) is 12.7 Å². The highest BCUT2D eigenvalue weighted by molar-refractivity contribution is 7.89. The van der Waals surface area contributed by atoms with Crippen LogP contribution in [-0.4, -0.2) is 33.5 Å². The van der Waals surface area contributed by atoms with Crippen LogP contribution in [0.25, 0.3) is 0 Å². The molecule has 1 aliphatic carbocycles. The quantitative estimate of drug-likeness (QED) is 0.914. The van der Waals surface area contributed by atoms with Gasteiger partial charge in [0.2, 0.25) is 10.0 Å². The number of rotatable bonds is 4. The highest BCUT2D eigenvalue weighted by Crippen LogP contribution is 2.39. The Kier molecular flexibility index (Phi) is 4.19. The minimum atomic E-state index is -4.06. The maximum atomic E-state index is 13.6. The van der Waals surface area contributed by atoms with Gasteiger partial charge < -0.3 is 9.47 Å². The molecule has 2 fully saturated rings. The molecule has 22 heavy (non-hydrogen) atoms. The van der Waals surface area contributed by atoms with Gasteiger partial charge >= 0.3 is 0 Å². The maximum Gasteiger partial charge on any atom is 0.243 e. The zero-order chi connectivity index (χ0) is 15.8. The molecule has 1 N–H and O–H groups in total. The molecule has 1 heterocycles. The molecule has 1 aliphatic heterocycles. The minimum absolute atomic E-state index is 0.0130. The van der Waals surface area contributed by atoms with Crippen LogP contribution >= 0.6 is 0 Å². The van der Waals surface area contributed by atoms with Crippen molar-refractivity contribution in [2.24, 2.45) is 0 Å². The van der Waals surface area contributed by atoms with Crippen LogP contribution in [0.15, 0.2) is 23.1 Å². The van der Waals surface area contributed by atoms with Gasteiger partial charge in [0.05, 0.1) is 12.7 Å². The Morgan fingerprint density at radius 3 is 2.68 bits per heavy atom. The first-order valence-corrected chi connectivity index (χ1v) is 8.65. The molecule has 1 aromatic rings. The summed E-state index contributed by atoms with van der Waals surface area (Å²) in [6, 6.07) is 2.34. The number of benzene rings is 1. The minimum Gasteiger partial charge on any atom is -0.347 e. The highest BCUT2D eigenvalue weighted by Gasteiger charge is 2.43. The van der Waals surface area contributed by atoms with Gasteiger partial charge in [-0.1, -0.05) is 0 Å². The second-order valence-electron chi connectivity index (χ2n) is 5.60. The van der Waals surface area contributed by atoms with Gasteiger partial charge in [-0.2, -0.15) is 0 Å². The first-order chi connectivity index (χ1) is 10.4. The van der Waals surface area contributed by atoms with E-state index in [4.69, 9.17) is 9.47 Å². The van der Waals surface area contributed by atoms with Crippen LogP contribution in [0, 0.1) is 11.6 Å². The van der Waals surface area contributed by atoms with E-state index in [1.807, 2.05) is 0 Å². The summed E-state index contributed by atoms with van der Waals surface area (Å²) in [6.07, 6.45) is 3.26. The number of halogens is 2. The Hall–Kier alpha value is -1.09. The summed E-state index contributed by atoms with van der Waals surface area (Å²) in [7, 11) is -4.06. The van der Waals surface area contributed by atoms with E-state index >= 15 is 0 Å². The Balaban J connectivity index is 1.63. The number of hydrogen-bond donors (Lipinski definition) is 1. The predicted octanol–water partition coefficient (Wildman–Crippen LogP) is 1.93. The van der Waals surface area contributed by atoms with Crippen molar-refractivity contribution in [2.45, 2.75) is 42.5 Å². The smallest absolute Gasteiger partial charge is 0.243 e.